The third-order valence-corrected chi connectivity index (χ3v) is 7.79. The van der Waals surface area contributed by atoms with Gasteiger partial charge in [0.1, 0.15) is 12.2 Å². The van der Waals surface area contributed by atoms with Gasteiger partial charge in [0.05, 0.1) is 105 Å². The Bertz CT molecular complexity index is 1340. The zero-order valence-corrected chi connectivity index (χ0v) is 29.9. The SMILES string of the molecule is O=C(OCCOCCOCCOCCOCCOCCOCCOCCOC(c1ccccc1)(c1ccccc1)c1ccccc1)c1ccccc1. The summed E-state index contributed by atoms with van der Waals surface area (Å²) in [7, 11) is 0. The minimum atomic E-state index is -0.755. The number of ether oxygens (including phenoxy) is 9. The van der Waals surface area contributed by atoms with Gasteiger partial charge in [0, 0.05) is 0 Å². The molecule has 52 heavy (non-hydrogen) atoms. The minimum absolute atomic E-state index is 0.200. The molecule has 0 saturated carbocycles. The van der Waals surface area contributed by atoms with E-state index in [9.17, 15) is 4.79 Å². The number of carbonyl (C=O) groups excluding carboxylic acids is 1. The van der Waals surface area contributed by atoms with Gasteiger partial charge in [0.2, 0.25) is 0 Å². The van der Waals surface area contributed by atoms with Gasteiger partial charge in [0.15, 0.2) is 0 Å². The Labute approximate surface area is 307 Å². The third kappa shape index (κ3) is 14.9. The van der Waals surface area contributed by atoms with E-state index >= 15 is 0 Å². The van der Waals surface area contributed by atoms with Gasteiger partial charge in [-0.05, 0) is 28.8 Å². The van der Waals surface area contributed by atoms with Crippen molar-refractivity contribution in [1.29, 1.82) is 0 Å². The van der Waals surface area contributed by atoms with Crippen LogP contribution < -0.4 is 0 Å². The van der Waals surface area contributed by atoms with Crippen molar-refractivity contribution < 1.29 is 47.4 Å². The fraction of sp³-hybridized carbons (Fsp3) is 0.405. The van der Waals surface area contributed by atoms with E-state index in [-0.39, 0.29) is 12.6 Å². The highest BCUT2D eigenvalue weighted by Gasteiger charge is 2.37. The Morgan fingerprint density at radius 3 is 0.942 bits per heavy atom. The summed E-state index contributed by atoms with van der Waals surface area (Å²) in [5, 5.41) is 0. The molecule has 0 heterocycles. The van der Waals surface area contributed by atoms with Crippen molar-refractivity contribution in [3.63, 3.8) is 0 Å². The first-order chi connectivity index (χ1) is 25.8. The fourth-order valence-corrected chi connectivity index (χ4v) is 5.29. The molecule has 280 valence electrons. The van der Waals surface area contributed by atoms with Crippen LogP contribution in [0.25, 0.3) is 0 Å². The summed E-state index contributed by atoms with van der Waals surface area (Å²) < 4.78 is 50.9. The highest BCUT2D eigenvalue weighted by atomic mass is 16.6. The molecule has 0 fully saturated rings. The Hall–Kier alpha value is -3.97. The molecule has 0 N–H and O–H groups in total. The van der Waals surface area contributed by atoms with Crippen LogP contribution >= 0.6 is 0 Å². The van der Waals surface area contributed by atoms with Gasteiger partial charge in [-0.15, -0.1) is 0 Å². The van der Waals surface area contributed by atoms with Crippen LogP contribution in [0, 0.1) is 0 Å². The second kappa shape index (κ2) is 25.9. The lowest BCUT2D eigenvalue weighted by molar-refractivity contribution is -0.0398. The van der Waals surface area contributed by atoms with Crippen LogP contribution in [-0.4, -0.2) is 112 Å². The monoisotopic (exact) mass is 716 g/mol. The molecular formula is C42H52O10. The number of hydrogen-bond donors (Lipinski definition) is 0. The summed E-state index contributed by atoms with van der Waals surface area (Å²) in [6, 6.07) is 39.8. The third-order valence-electron chi connectivity index (χ3n) is 7.79. The Kier molecular flexibility index (Phi) is 20.3. The summed E-state index contributed by atoms with van der Waals surface area (Å²) in [6.07, 6.45) is 0. The van der Waals surface area contributed by atoms with E-state index in [2.05, 4.69) is 36.4 Å². The molecule has 0 aromatic heterocycles. The highest BCUT2D eigenvalue weighted by Crippen LogP contribution is 2.40. The molecule has 4 rings (SSSR count). The maximum absolute atomic E-state index is 11.8. The van der Waals surface area contributed by atoms with Gasteiger partial charge in [0.25, 0.3) is 0 Å². The van der Waals surface area contributed by atoms with Crippen molar-refractivity contribution in [3.05, 3.63) is 144 Å². The summed E-state index contributed by atoms with van der Waals surface area (Å²) in [5.74, 6) is -0.356. The van der Waals surface area contributed by atoms with Crippen molar-refractivity contribution in [2.45, 2.75) is 5.60 Å². The van der Waals surface area contributed by atoms with Crippen LogP contribution in [0.1, 0.15) is 27.0 Å². The molecule has 4 aromatic carbocycles. The summed E-state index contributed by atoms with van der Waals surface area (Å²) in [6.45, 7) is 6.99. The van der Waals surface area contributed by atoms with E-state index in [0.717, 1.165) is 16.7 Å². The lowest BCUT2D eigenvalue weighted by Gasteiger charge is -2.36. The number of rotatable bonds is 29. The van der Waals surface area contributed by atoms with Gasteiger partial charge in [-0.2, -0.15) is 0 Å². The maximum atomic E-state index is 11.8. The van der Waals surface area contributed by atoms with Gasteiger partial charge in [-0.1, -0.05) is 109 Å². The molecular weight excluding hydrogens is 664 g/mol. The first-order valence-electron chi connectivity index (χ1n) is 17.9. The largest absolute Gasteiger partial charge is 0.460 e. The first kappa shape index (κ1) is 40.8. The van der Waals surface area contributed by atoms with Gasteiger partial charge < -0.3 is 42.6 Å². The van der Waals surface area contributed by atoms with Crippen LogP contribution in [0.5, 0.6) is 0 Å². The molecule has 0 unspecified atom stereocenters. The normalized spacial score (nSPS) is 11.5. The number of esters is 1. The standard InChI is InChI=1S/C42H52O10/c43-41(37-13-5-1-6-14-37)51-35-33-49-31-29-47-27-25-45-23-21-44-22-24-46-26-28-48-30-32-50-34-36-52-42(38-15-7-2-8-16-38,39-17-9-3-10-18-39)40-19-11-4-12-20-40/h1-20H,21-36H2. The van der Waals surface area contributed by atoms with Gasteiger partial charge in [-0.3, -0.25) is 0 Å². The number of hydrogen-bond acceptors (Lipinski definition) is 10. The predicted molar refractivity (Wildman–Crippen MR) is 198 cm³/mol. The van der Waals surface area contributed by atoms with E-state index in [4.69, 9.17) is 42.6 Å². The first-order valence-corrected chi connectivity index (χ1v) is 17.9. The summed E-state index contributed by atoms with van der Waals surface area (Å²) in [5.41, 5.74) is 2.96. The van der Waals surface area contributed by atoms with Gasteiger partial charge >= 0.3 is 5.97 Å². The Morgan fingerprint density at radius 2 is 0.615 bits per heavy atom. The molecule has 10 heteroatoms. The highest BCUT2D eigenvalue weighted by molar-refractivity contribution is 5.89. The smallest absolute Gasteiger partial charge is 0.338 e. The topological polar surface area (TPSA) is 100 Å². The maximum Gasteiger partial charge on any atom is 0.338 e. The molecule has 0 aliphatic rings. The van der Waals surface area contributed by atoms with Gasteiger partial charge in [-0.25, -0.2) is 4.79 Å². The Morgan fingerprint density at radius 1 is 0.346 bits per heavy atom. The summed E-state index contributed by atoms with van der Waals surface area (Å²) >= 11 is 0. The average molecular weight is 717 g/mol. The fourth-order valence-electron chi connectivity index (χ4n) is 5.29. The van der Waals surface area contributed by atoms with Crippen molar-refractivity contribution in [2.24, 2.45) is 0 Å². The van der Waals surface area contributed by atoms with Crippen LogP contribution in [0.2, 0.25) is 0 Å². The number of benzene rings is 4. The van der Waals surface area contributed by atoms with E-state index in [1.54, 1.807) is 24.3 Å². The van der Waals surface area contributed by atoms with E-state index in [1.807, 2.05) is 60.7 Å². The second-order valence-electron chi connectivity index (χ2n) is 11.4. The Balaban J connectivity index is 0.924. The van der Waals surface area contributed by atoms with Crippen molar-refractivity contribution in [3.8, 4) is 0 Å². The average Bonchev–Trinajstić information content (AvgIpc) is 3.20. The molecule has 0 aliphatic carbocycles. The van der Waals surface area contributed by atoms with Crippen LogP contribution in [-0.2, 0) is 48.2 Å². The molecule has 0 atom stereocenters. The quantitative estimate of drug-likeness (QED) is 0.0380. The summed E-state index contributed by atoms with van der Waals surface area (Å²) in [4.78, 5) is 11.8. The lowest BCUT2D eigenvalue weighted by Crippen LogP contribution is -2.34. The molecule has 10 nitrogen and oxygen atoms in total. The number of carbonyl (C=O) groups is 1. The zero-order chi connectivity index (χ0) is 36.2. The van der Waals surface area contributed by atoms with E-state index < -0.39 is 5.60 Å². The second-order valence-corrected chi connectivity index (χ2v) is 11.4. The van der Waals surface area contributed by atoms with Crippen molar-refractivity contribution in [1.82, 2.24) is 0 Å². The minimum Gasteiger partial charge on any atom is -0.460 e. The molecule has 0 saturated heterocycles. The molecule has 4 aromatic rings. The van der Waals surface area contributed by atoms with Crippen LogP contribution in [0.15, 0.2) is 121 Å². The van der Waals surface area contributed by atoms with Crippen molar-refractivity contribution in [2.75, 3.05) is 106 Å². The molecule has 0 radical (unpaired) electrons. The van der Waals surface area contributed by atoms with Crippen LogP contribution in [0.3, 0.4) is 0 Å². The predicted octanol–water partition coefficient (Wildman–Crippen LogP) is 5.97. The molecule has 0 aliphatic heterocycles. The van der Waals surface area contributed by atoms with E-state index in [0.29, 0.717) is 105 Å². The zero-order valence-electron chi connectivity index (χ0n) is 29.9. The van der Waals surface area contributed by atoms with Crippen LogP contribution in [0.4, 0.5) is 0 Å². The van der Waals surface area contributed by atoms with Crippen molar-refractivity contribution >= 4 is 5.97 Å². The van der Waals surface area contributed by atoms with E-state index in [1.165, 1.54) is 0 Å². The lowest BCUT2D eigenvalue weighted by atomic mass is 9.80. The molecule has 0 bridgehead atoms. The molecule has 0 spiro atoms. The molecule has 0 amide bonds.